The van der Waals surface area contributed by atoms with Crippen LogP contribution >= 0.6 is 39.9 Å². The van der Waals surface area contributed by atoms with Gasteiger partial charge in [-0.2, -0.15) is 0 Å². The zero-order valence-electron chi connectivity index (χ0n) is 16.7. The van der Waals surface area contributed by atoms with Crippen molar-refractivity contribution in [1.82, 2.24) is 0 Å². The van der Waals surface area contributed by atoms with Crippen LogP contribution in [0, 0.1) is 13.8 Å². The van der Waals surface area contributed by atoms with Gasteiger partial charge in [0.25, 0.3) is 5.91 Å². The van der Waals surface area contributed by atoms with Gasteiger partial charge < -0.3 is 9.47 Å². The average Bonchev–Trinajstić information content (AvgIpc) is 2.95. The van der Waals surface area contributed by atoms with E-state index in [0.29, 0.717) is 20.5 Å². The molecule has 0 aliphatic carbocycles. The molecule has 0 spiro atoms. The van der Waals surface area contributed by atoms with Gasteiger partial charge in [-0.3, -0.25) is 9.69 Å². The highest BCUT2D eigenvalue weighted by molar-refractivity contribution is 9.10. The number of benzene rings is 2. The van der Waals surface area contributed by atoms with Crippen molar-refractivity contribution in [3.63, 3.8) is 0 Å². The maximum atomic E-state index is 13.1. The second-order valence-corrected chi connectivity index (χ2v) is 9.17. The van der Waals surface area contributed by atoms with Gasteiger partial charge in [0.1, 0.15) is 5.75 Å². The van der Waals surface area contributed by atoms with E-state index >= 15 is 0 Å². The van der Waals surface area contributed by atoms with Gasteiger partial charge in [-0.25, -0.2) is 4.79 Å². The summed E-state index contributed by atoms with van der Waals surface area (Å²) in [6, 6.07) is 11.3. The van der Waals surface area contributed by atoms with Crippen LogP contribution in [-0.2, 0) is 14.3 Å². The van der Waals surface area contributed by atoms with Crippen molar-refractivity contribution in [3.8, 4) is 5.75 Å². The van der Waals surface area contributed by atoms with Crippen LogP contribution in [0.15, 0.2) is 45.8 Å². The number of rotatable bonds is 6. The standard InChI is InChI=1S/C22H20BrNO4S2/c1-4-27-20(25)12-28-18-8-6-16(23)10-15(18)11-19-21(26)24(22(29)30-19)17-7-5-13(2)9-14(17)3/h5-11H,4,12H2,1-3H3/b19-11-. The van der Waals surface area contributed by atoms with Gasteiger partial charge in [0, 0.05) is 10.0 Å². The Hall–Kier alpha value is -2.16. The second kappa shape index (κ2) is 9.76. The number of anilines is 1. The fourth-order valence-corrected chi connectivity index (χ4v) is 4.63. The highest BCUT2D eigenvalue weighted by atomic mass is 79.9. The minimum atomic E-state index is -0.451. The maximum absolute atomic E-state index is 13.1. The third kappa shape index (κ3) is 5.11. The second-order valence-electron chi connectivity index (χ2n) is 6.58. The lowest BCUT2D eigenvalue weighted by Crippen LogP contribution is -2.28. The first-order valence-corrected chi connectivity index (χ1v) is 11.2. The molecule has 2 aromatic rings. The molecule has 1 saturated heterocycles. The Bertz CT molecular complexity index is 1050. The summed E-state index contributed by atoms with van der Waals surface area (Å²) in [6.07, 6.45) is 1.73. The highest BCUT2D eigenvalue weighted by Gasteiger charge is 2.34. The number of thiocarbonyl (C=S) groups is 1. The van der Waals surface area contributed by atoms with Crippen molar-refractivity contribution < 1.29 is 19.1 Å². The fraction of sp³-hybridized carbons (Fsp3) is 0.227. The molecule has 30 heavy (non-hydrogen) atoms. The van der Waals surface area contributed by atoms with E-state index in [-0.39, 0.29) is 19.1 Å². The quantitative estimate of drug-likeness (QED) is 0.297. The summed E-state index contributed by atoms with van der Waals surface area (Å²) in [5.74, 6) is -0.163. The number of esters is 1. The monoisotopic (exact) mass is 505 g/mol. The maximum Gasteiger partial charge on any atom is 0.344 e. The predicted molar refractivity (Wildman–Crippen MR) is 128 cm³/mol. The number of carbonyl (C=O) groups excluding carboxylic acids is 2. The molecule has 1 aliphatic rings. The lowest BCUT2D eigenvalue weighted by atomic mass is 10.1. The Morgan fingerprint density at radius 3 is 2.70 bits per heavy atom. The molecule has 0 saturated carbocycles. The number of carbonyl (C=O) groups is 2. The number of halogens is 1. The zero-order chi connectivity index (χ0) is 21.8. The molecule has 0 unspecified atom stereocenters. The summed E-state index contributed by atoms with van der Waals surface area (Å²) in [4.78, 5) is 26.8. The van der Waals surface area contributed by atoms with E-state index in [1.54, 1.807) is 30.0 Å². The van der Waals surface area contributed by atoms with Crippen LogP contribution in [0.25, 0.3) is 6.08 Å². The molecule has 0 radical (unpaired) electrons. The minimum Gasteiger partial charge on any atom is -0.481 e. The van der Waals surface area contributed by atoms with Crippen LogP contribution < -0.4 is 9.64 Å². The normalized spacial score (nSPS) is 15.1. The molecular formula is C22H20BrNO4S2. The third-order valence-electron chi connectivity index (χ3n) is 4.30. The Balaban J connectivity index is 1.90. The molecule has 2 aromatic carbocycles. The van der Waals surface area contributed by atoms with Crippen molar-refractivity contribution in [2.75, 3.05) is 18.1 Å². The van der Waals surface area contributed by atoms with E-state index in [1.807, 2.05) is 38.1 Å². The Labute approximate surface area is 193 Å². The highest BCUT2D eigenvalue weighted by Crippen LogP contribution is 2.38. The van der Waals surface area contributed by atoms with Gasteiger partial charge in [0.05, 0.1) is 17.2 Å². The van der Waals surface area contributed by atoms with Crippen molar-refractivity contribution >= 4 is 67.9 Å². The number of thioether (sulfide) groups is 1. The molecule has 156 valence electrons. The van der Waals surface area contributed by atoms with Gasteiger partial charge in [-0.1, -0.05) is 57.6 Å². The van der Waals surface area contributed by atoms with Gasteiger partial charge in [-0.15, -0.1) is 0 Å². The summed E-state index contributed by atoms with van der Waals surface area (Å²) in [5, 5.41) is 0. The summed E-state index contributed by atoms with van der Waals surface area (Å²) in [6.45, 7) is 5.78. The number of amides is 1. The van der Waals surface area contributed by atoms with E-state index in [2.05, 4.69) is 15.9 Å². The van der Waals surface area contributed by atoms with Crippen LogP contribution in [0.3, 0.4) is 0 Å². The lowest BCUT2D eigenvalue weighted by molar-refractivity contribution is -0.145. The van der Waals surface area contributed by atoms with Gasteiger partial charge in [0.2, 0.25) is 0 Å². The first-order chi connectivity index (χ1) is 14.3. The van der Waals surface area contributed by atoms with Crippen LogP contribution in [0.5, 0.6) is 5.75 Å². The summed E-state index contributed by atoms with van der Waals surface area (Å²) >= 11 is 10.2. The average molecular weight is 506 g/mol. The van der Waals surface area contributed by atoms with Crippen LogP contribution in [0.2, 0.25) is 0 Å². The summed E-state index contributed by atoms with van der Waals surface area (Å²) in [7, 11) is 0. The topological polar surface area (TPSA) is 55.8 Å². The largest absolute Gasteiger partial charge is 0.481 e. The molecule has 0 atom stereocenters. The number of aryl methyl sites for hydroxylation is 2. The third-order valence-corrected chi connectivity index (χ3v) is 6.09. The zero-order valence-corrected chi connectivity index (χ0v) is 19.9. The summed E-state index contributed by atoms with van der Waals surface area (Å²) in [5.41, 5.74) is 3.54. The lowest BCUT2D eigenvalue weighted by Gasteiger charge is -2.17. The summed E-state index contributed by atoms with van der Waals surface area (Å²) < 4.78 is 11.8. The van der Waals surface area contributed by atoms with Crippen molar-refractivity contribution in [2.45, 2.75) is 20.8 Å². The molecular weight excluding hydrogens is 486 g/mol. The van der Waals surface area contributed by atoms with Gasteiger partial charge >= 0.3 is 5.97 Å². The number of ether oxygens (including phenoxy) is 2. The predicted octanol–water partition coefficient (Wildman–Crippen LogP) is 5.41. The molecule has 0 bridgehead atoms. The van der Waals surface area contributed by atoms with E-state index < -0.39 is 5.97 Å². The molecule has 8 heteroatoms. The van der Waals surface area contributed by atoms with Crippen molar-refractivity contribution in [1.29, 1.82) is 0 Å². The van der Waals surface area contributed by atoms with E-state index in [9.17, 15) is 9.59 Å². The van der Waals surface area contributed by atoms with Crippen LogP contribution in [0.4, 0.5) is 5.69 Å². The van der Waals surface area contributed by atoms with E-state index in [1.165, 1.54) is 11.8 Å². The van der Waals surface area contributed by atoms with Crippen molar-refractivity contribution in [3.05, 3.63) is 62.5 Å². The first kappa shape index (κ1) is 22.5. The molecule has 1 amide bonds. The number of hydrogen-bond donors (Lipinski definition) is 0. The van der Waals surface area contributed by atoms with Crippen LogP contribution in [0.1, 0.15) is 23.6 Å². The first-order valence-electron chi connectivity index (χ1n) is 9.23. The Morgan fingerprint density at radius 2 is 2.00 bits per heavy atom. The number of hydrogen-bond acceptors (Lipinski definition) is 6. The van der Waals surface area contributed by atoms with Gasteiger partial charge in [0.15, 0.2) is 10.9 Å². The minimum absolute atomic E-state index is 0.187. The number of nitrogens with zero attached hydrogens (tertiary/aromatic N) is 1. The van der Waals surface area contributed by atoms with E-state index in [4.69, 9.17) is 21.7 Å². The van der Waals surface area contributed by atoms with Crippen LogP contribution in [-0.4, -0.2) is 29.4 Å². The molecule has 0 N–H and O–H groups in total. The Kier molecular flexibility index (Phi) is 7.33. The molecule has 3 rings (SSSR count). The molecule has 1 aliphatic heterocycles. The van der Waals surface area contributed by atoms with Gasteiger partial charge in [-0.05, 0) is 56.7 Å². The molecule has 1 fully saturated rings. The van der Waals surface area contributed by atoms with Crippen molar-refractivity contribution in [2.24, 2.45) is 0 Å². The Morgan fingerprint density at radius 1 is 1.23 bits per heavy atom. The molecule has 5 nitrogen and oxygen atoms in total. The SMILES string of the molecule is CCOC(=O)COc1ccc(Br)cc1/C=C1\SC(=S)N(c2ccc(C)cc2C)C1=O. The fourth-order valence-electron chi connectivity index (χ4n) is 2.98. The molecule has 0 aromatic heterocycles. The molecule has 1 heterocycles. The smallest absolute Gasteiger partial charge is 0.344 e. The van der Waals surface area contributed by atoms with E-state index in [0.717, 1.165) is 21.3 Å².